The number of hydrogen-bond donors (Lipinski definition) is 2. The van der Waals surface area contributed by atoms with Gasteiger partial charge in [-0.3, -0.25) is 9.59 Å². The third kappa shape index (κ3) is 5.89. The van der Waals surface area contributed by atoms with Crippen molar-refractivity contribution in [2.24, 2.45) is 11.0 Å². The second-order valence-corrected chi connectivity index (χ2v) is 7.54. The summed E-state index contributed by atoms with van der Waals surface area (Å²) in [5, 5.41) is 7.08. The Morgan fingerprint density at radius 2 is 2.00 bits per heavy atom. The van der Waals surface area contributed by atoms with E-state index in [0.29, 0.717) is 5.92 Å². The number of anilines is 1. The fraction of sp³-hybridized carbons (Fsp3) is 0.500. The van der Waals surface area contributed by atoms with E-state index in [0.717, 1.165) is 39.8 Å². The molecule has 0 bridgehead atoms. The Balaban J connectivity index is 1.76. The molecule has 5 nitrogen and oxygen atoms in total. The van der Waals surface area contributed by atoms with Crippen molar-refractivity contribution in [1.82, 2.24) is 5.43 Å². The van der Waals surface area contributed by atoms with Gasteiger partial charge in [0.1, 0.15) is 0 Å². The van der Waals surface area contributed by atoms with Gasteiger partial charge in [0.2, 0.25) is 11.8 Å². The Labute approximate surface area is 156 Å². The van der Waals surface area contributed by atoms with Crippen LogP contribution in [0.4, 0.5) is 5.69 Å². The van der Waals surface area contributed by atoms with E-state index in [2.05, 4.69) is 45.4 Å². The molecule has 130 valence electrons. The van der Waals surface area contributed by atoms with E-state index in [9.17, 15) is 9.59 Å². The fourth-order valence-electron chi connectivity index (χ4n) is 2.73. The summed E-state index contributed by atoms with van der Waals surface area (Å²) < 4.78 is 1.12. The van der Waals surface area contributed by atoms with Crippen molar-refractivity contribution in [2.45, 2.75) is 52.4 Å². The van der Waals surface area contributed by atoms with Crippen LogP contribution in [-0.4, -0.2) is 17.5 Å². The first kappa shape index (κ1) is 18.9. The van der Waals surface area contributed by atoms with Gasteiger partial charge in [0.05, 0.1) is 0 Å². The number of hydrogen-bond acceptors (Lipinski definition) is 3. The zero-order valence-corrected chi connectivity index (χ0v) is 16.4. The minimum absolute atomic E-state index is 0.139. The molecule has 0 saturated heterocycles. The topological polar surface area (TPSA) is 70.6 Å². The van der Waals surface area contributed by atoms with E-state index in [1.165, 1.54) is 6.42 Å². The molecule has 0 spiro atoms. The Morgan fingerprint density at radius 1 is 1.25 bits per heavy atom. The third-order valence-electron chi connectivity index (χ3n) is 4.25. The maximum Gasteiger partial charge on any atom is 0.240 e. The molecule has 1 aliphatic rings. The van der Waals surface area contributed by atoms with E-state index >= 15 is 0 Å². The molecule has 0 aliphatic heterocycles. The summed E-state index contributed by atoms with van der Waals surface area (Å²) in [5.74, 6) is 0.0640. The first-order valence-corrected chi connectivity index (χ1v) is 9.45. The average Bonchev–Trinajstić information content (AvgIpc) is 2.55. The van der Waals surface area contributed by atoms with Gasteiger partial charge in [-0.2, -0.15) is 5.10 Å². The summed E-state index contributed by atoms with van der Waals surface area (Å²) in [4.78, 5) is 23.8. The van der Waals surface area contributed by atoms with Crippen molar-refractivity contribution in [1.29, 1.82) is 0 Å². The second kappa shape index (κ2) is 9.15. The number of hydrazone groups is 1. The number of nitrogens with zero attached hydrogens (tertiary/aromatic N) is 1. The SMILES string of the molecule is Cc1cc(I)ccc1NC(=O)CCC(=O)N/N=C1\CCCCC1C. The lowest BCUT2D eigenvalue weighted by Crippen LogP contribution is -2.25. The molecule has 1 aromatic carbocycles. The second-order valence-electron chi connectivity index (χ2n) is 6.29. The molecule has 0 radical (unpaired) electrons. The Bertz CT molecular complexity index is 643. The molecule has 1 aromatic rings. The molecule has 2 N–H and O–H groups in total. The molecule has 24 heavy (non-hydrogen) atoms. The highest BCUT2D eigenvalue weighted by molar-refractivity contribution is 14.1. The third-order valence-corrected chi connectivity index (χ3v) is 4.93. The van der Waals surface area contributed by atoms with Crippen LogP contribution in [0.2, 0.25) is 0 Å². The summed E-state index contributed by atoms with van der Waals surface area (Å²) in [5.41, 5.74) is 5.45. The lowest BCUT2D eigenvalue weighted by atomic mass is 9.89. The molecule has 0 aromatic heterocycles. The maximum absolute atomic E-state index is 12.0. The predicted octanol–water partition coefficient (Wildman–Crippen LogP) is 4.00. The summed E-state index contributed by atoms with van der Waals surface area (Å²) in [6.45, 7) is 4.09. The molecule has 1 atom stereocenters. The monoisotopic (exact) mass is 441 g/mol. The highest BCUT2D eigenvalue weighted by Crippen LogP contribution is 2.21. The number of benzene rings is 1. The van der Waals surface area contributed by atoms with E-state index in [1.54, 1.807) is 0 Å². The van der Waals surface area contributed by atoms with Crippen molar-refractivity contribution in [3.63, 3.8) is 0 Å². The van der Waals surface area contributed by atoms with Crippen LogP contribution in [0.5, 0.6) is 0 Å². The highest BCUT2D eigenvalue weighted by Gasteiger charge is 2.16. The van der Waals surface area contributed by atoms with Crippen molar-refractivity contribution in [2.75, 3.05) is 5.32 Å². The van der Waals surface area contributed by atoms with E-state index in [1.807, 2.05) is 25.1 Å². The number of amides is 2. The molecule has 6 heteroatoms. The average molecular weight is 441 g/mol. The number of carbonyl (C=O) groups excluding carboxylic acids is 2. The molecule has 1 unspecified atom stereocenters. The minimum atomic E-state index is -0.213. The van der Waals surface area contributed by atoms with Gasteiger partial charge in [-0.25, -0.2) is 5.43 Å². The highest BCUT2D eigenvalue weighted by atomic mass is 127. The molecule has 1 saturated carbocycles. The van der Waals surface area contributed by atoms with Gasteiger partial charge < -0.3 is 5.32 Å². The van der Waals surface area contributed by atoms with Crippen LogP contribution in [-0.2, 0) is 9.59 Å². The van der Waals surface area contributed by atoms with Gasteiger partial charge in [0.25, 0.3) is 0 Å². The predicted molar refractivity (Wildman–Crippen MR) is 105 cm³/mol. The Kier molecular flexibility index (Phi) is 7.20. The van der Waals surface area contributed by atoms with Crippen LogP contribution in [0.3, 0.4) is 0 Å². The zero-order chi connectivity index (χ0) is 17.5. The molecule has 1 aliphatic carbocycles. The molecule has 1 fully saturated rings. The van der Waals surface area contributed by atoms with Gasteiger partial charge in [-0.15, -0.1) is 0 Å². The van der Waals surface area contributed by atoms with E-state index in [4.69, 9.17) is 0 Å². The van der Waals surface area contributed by atoms with Gasteiger partial charge in [0, 0.05) is 27.8 Å². The number of halogens is 1. The molecule has 2 amide bonds. The summed E-state index contributed by atoms with van der Waals surface area (Å²) in [7, 11) is 0. The minimum Gasteiger partial charge on any atom is -0.326 e. The standard InChI is InChI=1S/C18H24IN3O2/c1-12-5-3-4-6-16(12)21-22-18(24)10-9-17(23)20-15-8-7-14(19)11-13(15)2/h7-8,11-12H,3-6,9-10H2,1-2H3,(H,20,23)(H,22,24)/b21-16+. The van der Waals surface area contributed by atoms with Crippen molar-refractivity contribution in [3.05, 3.63) is 27.3 Å². The maximum atomic E-state index is 12.0. The normalized spacial score (nSPS) is 19.1. The number of carbonyl (C=O) groups is 2. The fourth-order valence-corrected chi connectivity index (χ4v) is 3.38. The summed E-state index contributed by atoms with van der Waals surface area (Å²) in [6, 6.07) is 5.83. The zero-order valence-electron chi connectivity index (χ0n) is 14.2. The largest absolute Gasteiger partial charge is 0.326 e. The molecule has 2 rings (SSSR count). The van der Waals surface area contributed by atoms with Gasteiger partial charge in [-0.1, -0.05) is 13.3 Å². The molecular formula is C18H24IN3O2. The lowest BCUT2D eigenvalue weighted by molar-refractivity contribution is -0.124. The van der Waals surface area contributed by atoms with Crippen molar-refractivity contribution >= 4 is 45.8 Å². The van der Waals surface area contributed by atoms with Crippen molar-refractivity contribution < 1.29 is 9.59 Å². The lowest BCUT2D eigenvalue weighted by Gasteiger charge is -2.19. The van der Waals surface area contributed by atoms with E-state index < -0.39 is 0 Å². The number of nitrogens with one attached hydrogen (secondary N) is 2. The molecular weight excluding hydrogens is 417 g/mol. The van der Waals surface area contributed by atoms with E-state index in [-0.39, 0.29) is 24.7 Å². The number of aryl methyl sites for hydroxylation is 1. The Morgan fingerprint density at radius 3 is 2.71 bits per heavy atom. The van der Waals surface area contributed by atoms with Crippen LogP contribution in [0.15, 0.2) is 23.3 Å². The van der Waals surface area contributed by atoms with Crippen LogP contribution < -0.4 is 10.7 Å². The van der Waals surface area contributed by atoms with Gasteiger partial charge >= 0.3 is 0 Å². The Hall–Kier alpha value is -1.44. The smallest absolute Gasteiger partial charge is 0.240 e. The van der Waals surface area contributed by atoms with Gasteiger partial charge in [-0.05, 0) is 78.5 Å². The molecule has 0 heterocycles. The van der Waals surface area contributed by atoms with Crippen LogP contribution >= 0.6 is 22.6 Å². The first-order chi connectivity index (χ1) is 11.5. The first-order valence-electron chi connectivity index (χ1n) is 8.37. The summed E-state index contributed by atoms with van der Waals surface area (Å²) >= 11 is 2.23. The number of rotatable bonds is 5. The van der Waals surface area contributed by atoms with Crippen molar-refractivity contribution in [3.8, 4) is 0 Å². The quantitative estimate of drug-likeness (QED) is 0.536. The van der Waals surface area contributed by atoms with Gasteiger partial charge in [0.15, 0.2) is 0 Å². The summed E-state index contributed by atoms with van der Waals surface area (Å²) in [6.07, 6.45) is 4.74. The van der Waals surface area contributed by atoms with Crippen LogP contribution in [0, 0.1) is 16.4 Å². The van der Waals surface area contributed by atoms with Crippen LogP contribution in [0.25, 0.3) is 0 Å². The van der Waals surface area contributed by atoms with Crippen LogP contribution in [0.1, 0.15) is 51.0 Å².